The van der Waals surface area contributed by atoms with E-state index in [0.29, 0.717) is 10.8 Å². The standard InChI is InChI=1S/C18H19BrClNO2/c1-10-7-11(2)17(12(3)8-10)21-18(22)13(4)23-16-6-5-14(19)9-15(16)20/h5-9,13H,1-4H3,(H,21,22)/t13-/m0/s1. The van der Waals surface area contributed by atoms with Gasteiger partial charge in [0.15, 0.2) is 6.10 Å². The molecule has 2 rings (SSSR count). The minimum Gasteiger partial charge on any atom is -0.479 e. The van der Waals surface area contributed by atoms with Gasteiger partial charge in [0.1, 0.15) is 5.75 Å². The maximum atomic E-state index is 12.4. The number of nitrogens with one attached hydrogen (secondary N) is 1. The molecule has 0 aromatic heterocycles. The van der Waals surface area contributed by atoms with Crippen molar-refractivity contribution in [2.75, 3.05) is 5.32 Å². The van der Waals surface area contributed by atoms with Crippen LogP contribution in [0.25, 0.3) is 0 Å². The molecule has 0 spiro atoms. The monoisotopic (exact) mass is 395 g/mol. The van der Waals surface area contributed by atoms with Crippen molar-refractivity contribution >= 4 is 39.1 Å². The number of aryl methyl sites for hydroxylation is 3. The fourth-order valence-electron chi connectivity index (χ4n) is 2.42. The first kappa shape index (κ1) is 17.8. The predicted molar refractivity (Wildman–Crippen MR) is 98.5 cm³/mol. The Morgan fingerprint density at radius 3 is 2.35 bits per heavy atom. The molecule has 1 atom stereocenters. The zero-order valence-corrected chi connectivity index (χ0v) is 15.9. The number of benzene rings is 2. The van der Waals surface area contributed by atoms with Crippen molar-refractivity contribution in [3.8, 4) is 5.75 Å². The van der Waals surface area contributed by atoms with E-state index in [1.807, 2.05) is 39.0 Å². The van der Waals surface area contributed by atoms with E-state index >= 15 is 0 Å². The molecule has 0 aliphatic carbocycles. The highest BCUT2D eigenvalue weighted by atomic mass is 79.9. The third-order valence-corrected chi connectivity index (χ3v) is 4.28. The first-order valence-corrected chi connectivity index (χ1v) is 8.45. The molecule has 0 saturated carbocycles. The van der Waals surface area contributed by atoms with Crippen LogP contribution in [0.1, 0.15) is 23.6 Å². The number of carbonyl (C=O) groups excluding carboxylic acids is 1. The highest BCUT2D eigenvalue weighted by Crippen LogP contribution is 2.29. The van der Waals surface area contributed by atoms with E-state index in [9.17, 15) is 4.79 Å². The molecule has 0 fully saturated rings. The van der Waals surface area contributed by atoms with Gasteiger partial charge in [0.25, 0.3) is 5.91 Å². The molecule has 0 saturated heterocycles. The van der Waals surface area contributed by atoms with Crippen LogP contribution >= 0.6 is 27.5 Å². The first-order valence-electron chi connectivity index (χ1n) is 7.28. The first-order chi connectivity index (χ1) is 10.8. The van der Waals surface area contributed by atoms with Crippen molar-refractivity contribution in [2.24, 2.45) is 0 Å². The second kappa shape index (κ2) is 7.37. The third kappa shape index (κ3) is 4.49. The lowest BCUT2D eigenvalue weighted by molar-refractivity contribution is -0.122. The topological polar surface area (TPSA) is 38.3 Å². The molecule has 0 aliphatic heterocycles. The summed E-state index contributed by atoms with van der Waals surface area (Å²) < 4.78 is 6.53. The number of carbonyl (C=O) groups is 1. The van der Waals surface area contributed by atoms with Crippen LogP contribution in [0, 0.1) is 20.8 Å². The number of hydrogen-bond donors (Lipinski definition) is 1. The molecule has 0 bridgehead atoms. The average Bonchev–Trinajstić information content (AvgIpc) is 2.45. The Kier molecular flexibility index (Phi) is 5.71. The van der Waals surface area contributed by atoms with E-state index in [4.69, 9.17) is 16.3 Å². The van der Waals surface area contributed by atoms with E-state index < -0.39 is 6.10 Å². The average molecular weight is 397 g/mol. The Labute approximate surface area is 150 Å². The summed E-state index contributed by atoms with van der Waals surface area (Å²) in [4.78, 5) is 12.4. The smallest absolute Gasteiger partial charge is 0.265 e. The molecular weight excluding hydrogens is 378 g/mol. The zero-order chi connectivity index (χ0) is 17.1. The van der Waals surface area contributed by atoms with E-state index in [-0.39, 0.29) is 5.91 Å². The van der Waals surface area contributed by atoms with Gasteiger partial charge in [-0.3, -0.25) is 4.79 Å². The van der Waals surface area contributed by atoms with Gasteiger partial charge in [0.2, 0.25) is 0 Å². The van der Waals surface area contributed by atoms with Gasteiger partial charge in [0.05, 0.1) is 5.02 Å². The van der Waals surface area contributed by atoms with Crippen LogP contribution in [0.4, 0.5) is 5.69 Å². The number of anilines is 1. The molecule has 2 aromatic carbocycles. The predicted octanol–water partition coefficient (Wildman–Crippen LogP) is 5.43. The lowest BCUT2D eigenvalue weighted by Crippen LogP contribution is -2.30. The number of rotatable bonds is 4. The molecule has 5 heteroatoms. The lowest BCUT2D eigenvalue weighted by Gasteiger charge is -2.18. The minimum atomic E-state index is -0.659. The largest absolute Gasteiger partial charge is 0.479 e. The van der Waals surface area contributed by atoms with Crippen LogP contribution in [0.3, 0.4) is 0 Å². The van der Waals surface area contributed by atoms with Crippen LogP contribution in [0.15, 0.2) is 34.8 Å². The molecule has 1 N–H and O–H groups in total. The highest BCUT2D eigenvalue weighted by molar-refractivity contribution is 9.10. The molecule has 0 aliphatic rings. The lowest BCUT2D eigenvalue weighted by atomic mass is 10.0. The van der Waals surface area contributed by atoms with Crippen molar-refractivity contribution in [3.63, 3.8) is 0 Å². The SMILES string of the molecule is Cc1cc(C)c(NC(=O)[C@H](C)Oc2ccc(Br)cc2Cl)c(C)c1. The van der Waals surface area contributed by atoms with Gasteiger partial charge in [0, 0.05) is 10.2 Å². The van der Waals surface area contributed by atoms with E-state index in [0.717, 1.165) is 21.3 Å². The summed E-state index contributed by atoms with van der Waals surface area (Å²) in [5.74, 6) is 0.272. The van der Waals surface area contributed by atoms with Gasteiger partial charge in [-0.1, -0.05) is 45.2 Å². The van der Waals surface area contributed by atoms with Crippen LogP contribution < -0.4 is 10.1 Å². The summed E-state index contributed by atoms with van der Waals surface area (Å²) in [7, 11) is 0. The molecule has 0 unspecified atom stereocenters. The molecule has 0 heterocycles. The number of amides is 1. The summed E-state index contributed by atoms with van der Waals surface area (Å²) in [5.41, 5.74) is 4.07. The fourth-order valence-corrected chi connectivity index (χ4v) is 3.13. The Balaban J connectivity index is 2.11. The van der Waals surface area contributed by atoms with Crippen molar-refractivity contribution in [1.82, 2.24) is 0 Å². The Hall–Kier alpha value is -1.52. The maximum absolute atomic E-state index is 12.4. The molecule has 0 radical (unpaired) electrons. The van der Waals surface area contributed by atoms with Gasteiger partial charge in [-0.05, 0) is 57.0 Å². The van der Waals surface area contributed by atoms with Crippen molar-refractivity contribution in [2.45, 2.75) is 33.8 Å². The molecule has 23 heavy (non-hydrogen) atoms. The number of halogens is 2. The number of ether oxygens (including phenoxy) is 1. The quantitative estimate of drug-likeness (QED) is 0.748. The van der Waals surface area contributed by atoms with Crippen molar-refractivity contribution in [3.05, 3.63) is 56.5 Å². The molecular formula is C18H19BrClNO2. The minimum absolute atomic E-state index is 0.209. The van der Waals surface area contributed by atoms with E-state index in [2.05, 4.69) is 21.2 Å². The van der Waals surface area contributed by atoms with Crippen LogP contribution in [0.5, 0.6) is 5.75 Å². The van der Waals surface area contributed by atoms with Gasteiger partial charge in [-0.25, -0.2) is 0 Å². The van der Waals surface area contributed by atoms with Gasteiger partial charge >= 0.3 is 0 Å². The molecule has 1 amide bonds. The van der Waals surface area contributed by atoms with Crippen LogP contribution in [-0.2, 0) is 4.79 Å². The van der Waals surface area contributed by atoms with E-state index in [1.54, 1.807) is 19.1 Å². The summed E-state index contributed by atoms with van der Waals surface area (Å²) in [6, 6.07) is 9.37. The van der Waals surface area contributed by atoms with Gasteiger partial charge in [-0.2, -0.15) is 0 Å². The van der Waals surface area contributed by atoms with Crippen LogP contribution in [0.2, 0.25) is 5.02 Å². The molecule has 122 valence electrons. The van der Waals surface area contributed by atoms with Crippen molar-refractivity contribution in [1.29, 1.82) is 0 Å². The van der Waals surface area contributed by atoms with Crippen LogP contribution in [-0.4, -0.2) is 12.0 Å². The molecule has 3 nitrogen and oxygen atoms in total. The highest BCUT2D eigenvalue weighted by Gasteiger charge is 2.18. The summed E-state index contributed by atoms with van der Waals surface area (Å²) in [5, 5.41) is 3.40. The summed E-state index contributed by atoms with van der Waals surface area (Å²) in [6.07, 6.45) is -0.659. The van der Waals surface area contributed by atoms with Crippen molar-refractivity contribution < 1.29 is 9.53 Å². The Morgan fingerprint density at radius 2 is 1.78 bits per heavy atom. The maximum Gasteiger partial charge on any atom is 0.265 e. The Bertz CT molecular complexity index is 723. The second-order valence-electron chi connectivity index (χ2n) is 5.60. The van der Waals surface area contributed by atoms with Gasteiger partial charge < -0.3 is 10.1 Å². The second-order valence-corrected chi connectivity index (χ2v) is 6.92. The van der Waals surface area contributed by atoms with E-state index in [1.165, 1.54) is 5.56 Å². The zero-order valence-electron chi connectivity index (χ0n) is 13.5. The number of hydrogen-bond acceptors (Lipinski definition) is 2. The third-order valence-electron chi connectivity index (χ3n) is 3.49. The summed E-state index contributed by atoms with van der Waals surface area (Å²) in [6.45, 7) is 7.69. The normalized spacial score (nSPS) is 11.9. The molecule has 2 aromatic rings. The Morgan fingerprint density at radius 1 is 1.17 bits per heavy atom. The fraction of sp³-hybridized carbons (Fsp3) is 0.278. The van der Waals surface area contributed by atoms with Gasteiger partial charge in [-0.15, -0.1) is 0 Å². The summed E-state index contributed by atoms with van der Waals surface area (Å²) >= 11 is 9.46.